The minimum atomic E-state index is -0.0170. The first kappa shape index (κ1) is 14.9. The van der Waals surface area contributed by atoms with Gasteiger partial charge in [-0.15, -0.1) is 10.2 Å². The fourth-order valence-electron chi connectivity index (χ4n) is 2.94. The number of carbonyl (C=O) groups is 1. The van der Waals surface area contributed by atoms with E-state index in [1.54, 1.807) is 26.5 Å². The highest BCUT2D eigenvalue weighted by molar-refractivity contribution is 5.94. The molecule has 1 saturated heterocycles. The first-order chi connectivity index (χ1) is 10.6. The molecule has 3 rings (SSSR count). The van der Waals surface area contributed by atoms with Crippen molar-refractivity contribution in [1.82, 2.24) is 19.5 Å². The van der Waals surface area contributed by atoms with E-state index >= 15 is 0 Å². The van der Waals surface area contributed by atoms with Crippen molar-refractivity contribution >= 4 is 11.6 Å². The van der Waals surface area contributed by atoms with Crippen LogP contribution in [0.2, 0.25) is 0 Å². The van der Waals surface area contributed by atoms with Crippen LogP contribution in [0, 0.1) is 6.92 Å². The summed E-state index contributed by atoms with van der Waals surface area (Å²) in [7, 11) is 3.32. The summed E-state index contributed by atoms with van der Waals surface area (Å²) in [4.78, 5) is 14.7. The van der Waals surface area contributed by atoms with Gasteiger partial charge in [-0.3, -0.25) is 9.20 Å². The zero-order chi connectivity index (χ0) is 15.7. The molecule has 1 fully saturated rings. The minimum absolute atomic E-state index is 0.0170. The molecule has 2 atom stereocenters. The zero-order valence-electron chi connectivity index (χ0n) is 13.0. The molecular formula is C15H20N4O3. The van der Waals surface area contributed by atoms with Gasteiger partial charge in [0.2, 0.25) is 0 Å². The Balaban J connectivity index is 1.88. The first-order valence-corrected chi connectivity index (χ1v) is 7.28. The quantitative estimate of drug-likeness (QED) is 0.840. The smallest absolute Gasteiger partial charge is 0.255 e. The monoisotopic (exact) mass is 304 g/mol. The van der Waals surface area contributed by atoms with E-state index in [4.69, 9.17) is 9.47 Å². The summed E-state index contributed by atoms with van der Waals surface area (Å²) in [5.41, 5.74) is 1.35. The molecule has 0 N–H and O–H groups in total. The molecule has 7 heteroatoms. The maximum absolute atomic E-state index is 12.8. The topological polar surface area (TPSA) is 69.0 Å². The Bertz CT molecular complexity index is 684. The number of amides is 1. The lowest BCUT2D eigenvalue weighted by Gasteiger charge is -2.23. The number of aromatic nitrogens is 3. The van der Waals surface area contributed by atoms with Crippen molar-refractivity contribution in [3.63, 3.8) is 0 Å². The summed E-state index contributed by atoms with van der Waals surface area (Å²) in [5, 5.41) is 8.05. The molecule has 0 bridgehead atoms. The lowest BCUT2D eigenvalue weighted by Crippen LogP contribution is -2.38. The van der Waals surface area contributed by atoms with Gasteiger partial charge in [-0.2, -0.15) is 0 Å². The fraction of sp³-hybridized carbons (Fsp3) is 0.533. The van der Waals surface area contributed by atoms with Crippen LogP contribution < -0.4 is 0 Å². The Morgan fingerprint density at radius 2 is 2.18 bits per heavy atom. The second-order valence-corrected chi connectivity index (χ2v) is 5.55. The molecule has 0 saturated carbocycles. The minimum Gasteiger partial charge on any atom is -0.383 e. The summed E-state index contributed by atoms with van der Waals surface area (Å²) >= 11 is 0. The third-order valence-electron chi connectivity index (χ3n) is 4.15. The van der Waals surface area contributed by atoms with Gasteiger partial charge in [0, 0.05) is 27.0 Å². The highest BCUT2D eigenvalue weighted by Gasteiger charge is 2.35. The molecule has 0 aliphatic carbocycles. The normalized spacial score (nSPS) is 21.7. The van der Waals surface area contributed by atoms with Crippen molar-refractivity contribution in [3.05, 3.63) is 29.7 Å². The van der Waals surface area contributed by atoms with Gasteiger partial charge in [-0.1, -0.05) is 0 Å². The molecule has 0 unspecified atom stereocenters. The van der Waals surface area contributed by atoms with Gasteiger partial charge >= 0.3 is 0 Å². The average molecular weight is 304 g/mol. The second-order valence-electron chi connectivity index (χ2n) is 5.55. The molecule has 1 aliphatic heterocycles. The van der Waals surface area contributed by atoms with Crippen LogP contribution in [0.3, 0.4) is 0 Å². The van der Waals surface area contributed by atoms with E-state index in [9.17, 15) is 4.79 Å². The fourth-order valence-corrected chi connectivity index (χ4v) is 2.94. The van der Waals surface area contributed by atoms with Gasteiger partial charge in [0.15, 0.2) is 5.65 Å². The number of hydrogen-bond acceptors (Lipinski definition) is 5. The molecule has 118 valence electrons. The Morgan fingerprint density at radius 1 is 1.36 bits per heavy atom. The number of hydrogen-bond donors (Lipinski definition) is 0. The standard InChI is InChI=1S/C15H20N4O3/c1-10-16-17-14-5-4-11(7-18(10)14)15(20)19-8-13(22-3)6-12(19)9-21-2/h4-5,7,12-13H,6,8-9H2,1-3H3/t12-,13+/m0/s1. The second kappa shape index (κ2) is 6.02. The van der Waals surface area contributed by atoms with E-state index in [0.717, 1.165) is 17.9 Å². The number of likely N-dealkylation sites (tertiary alicyclic amines) is 1. The molecule has 0 aromatic carbocycles. The zero-order valence-corrected chi connectivity index (χ0v) is 13.0. The largest absolute Gasteiger partial charge is 0.383 e. The maximum atomic E-state index is 12.8. The van der Waals surface area contributed by atoms with Crippen LogP contribution in [-0.2, 0) is 9.47 Å². The van der Waals surface area contributed by atoms with Crippen LogP contribution in [0.5, 0.6) is 0 Å². The Kier molecular flexibility index (Phi) is 4.08. The molecule has 2 aromatic rings. The van der Waals surface area contributed by atoms with E-state index in [1.165, 1.54) is 0 Å². The SMILES string of the molecule is COC[C@@H]1C[C@@H](OC)CN1C(=O)c1ccc2nnc(C)n2c1. The summed E-state index contributed by atoms with van der Waals surface area (Å²) in [6, 6.07) is 3.64. The van der Waals surface area contributed by atoms with Gasteiger partial charge in [-0.25, -0.2) is 0 Å². The molecule has 7 nitrogen and oxygen atoms in total. The molecule has 2 aromatic heterocycles. The van der Waals surface area contributed by atoms with E-state index in [-0.39, 0.29) is 18.1 Å². The van der Waals surface area contributed by atoms with Crippen molar-refractivity contribution in [2.75, 3.05) is 27.4 Å². The van der Waals surface area contributed by atoms with E-state index in [1.807, 2.05) is 22.3 Å². The van der Waals surface area contributed by atoms with Crippen LogP contribution in [0.4, 0.5) is 0 Å². The first-order valence-electron chi connectivity index (χ1n) is 7.28. The van der Waals surface area contributed by atoms with E-state index in [2.05, 4.69) is 10.2 Å². The van der Waals surface area contributed by atoms with Crippen molar-refractivity contribution in [2.24, 2.45) is 0 Å². The van der Waals surface area contributed by atoms with Crippen molar-refractivity contribution < 1.29 is 14.3 Å². The highest BCUT2D eigenvalue weighted by Crippen LogP contribution is 2.23. The summed E-state index contributed by atoms with van der Waals surface area (Å²) in [6.07, 6.45) is 2.64. The van der Waals surface area contributed by atoms with Crippen molar-refractivity contribution in [1.29, 1.82) is 0 Å². The number of aryl methyl sites for hydroxylation is 1. The molecule has 3 heterocycles. The number of methoxy groups -OCH3 is 2. The lowest BCUT2D eigenvalue weighted by molar-refractivity contribution is 0.0611. The molecule has 0 radical (unpaired) electrons. The van der Waals surface area contributed by atoms with E-state index < -0.39 is 0 Å². The molecular weight excluding hydrogens is 284 g/mol. The van der Waals surface area contributed by atoms with Crippen LogP contribution in [0.1, 0.15) is 22.6 Å². The lowest BCUT2D eigenvalue weighted by atomic mass is 10.2. The molecule has 0 spiro atoms. The summed E-state index contributed by atoms with van der Waals surface area (Å²) in [6.45, 7) is 2.96. The van der Waals surface area contributed by atoms with E-state index in [0.29, 0.717) is 18.7 Å². The number of rotatable bonds is 4. The Labute approximate surface area is 128 Å². The van der Waals surface area contributed by atoms with Gasteiger partial charge in [0.25, 0.3) is 5.91 Å². The number of fused-ring (bicyclic) bond motifs is 1. The van der Waals surface area contributed by atoms with Gasteiger partial charge in [0.05, 0.1) is 24.3 Å². The number of carbonyl (C=O) groups excluding carboxylic acids is 1. The number of ether oxygens (including phenoxy) is 2. The summed E-state index contributed by atoms with van der Waals surface area (Å²) in [5.74, 6) is 0.742. The molecule has 1 aliphatic rings. The van der Waals surface area contributed by atoms with Crippen molar-refractivity contribution in [2.45, 2.75) is 25.5 Å². The molecule has 1 amide bonds. The van der Waals surface area contributed by atoms with Gasteiger partial charge in [0.1, 0.15) is 5.82 Å². The van der Waals surface area contributed by atoms with Crippen LogP contribution in [0.25, 0.3) is 5.65 Å². The van der Waals surface area contributed by atoms with Crippen LogP contribution in [0.15, 0.2) is 18.3 Å². The number of nitrogens with zero attached hydrogens (tertiary/aromatic N) is 4. The maximum Gasteiger partial charge on any atom is 0.255 e. The van der Waals surface area contributed by atoms with Gasteiger partial charge in [-0.05, 0) is 25.5 Å². The predicted octanol–water partition coefficient (Wildman–Crippen LogP) is 0.914. The Hall–Kier alpha value is -1.99. The Morgan fingerprint density at radius 3 is 2.91 bits per heavy atom. The highest BCUT2D eigenvalue weighted by atomic mass is 16.5. The average Bonchev–Trinajstić information content (AvgIpc) is 3.11. The van der Waals surface area contributed by atoms with Crippen molar-refractivity contribution in [3.8, 4) is 0 Å². The number of pyridine rings is 1. The third-order valence-corrected chi connectivity index (χ3v) is 4.15. The van der Waals surface area contributed by atoms with Crippen LogP contribution in [-0.4, -0.2) is 64.9 Å². The molecule has 22 heavy (non-hydrogen) atoms. The predicted molar refractivity (Wildman–Crippen MR) is 79.8 cm³/mol. The summed E-state index contributed by atoms with van der Waals surface area (Å²) < 4.78 is 12.5. The third kappa shape index (κ3) is 2.57. The van der Waals surface area contributed by atoms with Gasteiger partial charge < -0.3 is 14.4 Å². The van der Waals surface area contributed by atoms with Crippen LogP contribution >= 0.6 is 0 Å².